The average Bonchev–Trinajstić information content (AvgIpc) is 3.05. The normalized spacial score (nSPS) is 17.9. The lowest BCUT2D eigenvalue weighted by Crippen LogP contribution is -2.38. The highest BCUT2D eigenvalue weighted by molar-refractivity contribution is 6.46. The molecular weight excluding hydrogens is 416 g/mol. The number of hydrogen-bond acceptors (Lipinski definition) is 5. The Kier molecular flexibility index (Phi) is 7.92. The van der Waals surface area contributed by atoms with Gasteiger partial charge in [0.2, 0.25) is 0 Å². The number of carbonyl (C=O) groups excluding carboxylic acids is 2. The van der Waals surface area contributed by atoms with Crippen LogP contribution >= 0.6 is 0 Å². The summed E-state index contributed by atoms with van der Waals surface area (Å²) in [4.78, 5) is 30.0. The molecule has 6 heteroatoms. The van der Waals surface area contributed by atoms with Crippen molar-refractivity contribution in [2.24, 2.45) is 0 Å². The zero-order chi connectivity index (χ0) is 24.1. The van der Waals surface area contributed by atoms with Gasteiger partial charge in [0.1, 0.15) is 11.5 Å². The van der Waals surface area contributed by atoms with E-state index in [1.807, 2.05) is 57.2 Å². The van der Waals surface area contributed by atoms with E-state index in [0.29, 0.717) is 24.4 Å². The SMILES string of the molecule is CCN(CC)CCN1C(=O)C(=O)/C(=C(/O)c2ccc(C)cc2)C1c1ccc(OC(C)C)cc1. The Morgan fingerprint density at radius 1 is 1.03 bits per heavy atom. The monoisotopic (exact) mass is 450 g/mol. The molecule has 1 atom stereocenters. The maximum atomic E-state index is 13.1. The summed E-state index contributed by atoms with van der Waals surface area (Å²) in [6.07, 6.45) is 0.0390. The van der Waals surface area contributed by atoms with Crippen molar-refractivity contribution in [3.05, 3.63) is 70.8 Å². The number of aliphatic hydroxyl groups excluding tert-OH is 1. The molecule has 0 radical (unpaired) electrons. The van der Waals surface area contributed by atoms with Crippen LogP contribution in [-0.2, 0) is 9.59 Å². The number of ether oxygens (including phenoxy) is 1. The van der Waals surface area contributed by atoms with Gasteiger partial charge in [0.25, 0.3) is 11.7 Å². The summed E-state index contributed by atoms with van der Waals surface area (Å²) in [5.41, 5.74) is 2.45. The Morgan fingerprint density at radius 2 is 1.64 bits per heavy atom. The molecule has 0 bridgehead atoms. The van der Waals surface area contributed by atoms with Crippen LogP contribution in [0.3, 0.4) is 0 Å². The van der Waals surface area contributed by atoms with E-state index in [4.69, 9.17) is 4.74 Å². The van der Waals surface area contributed by atoms with Gasteiger partial charge in [0.15, 0.2) is 0 Å². The lowest BCUT2D eigenvalue weighted by molar-refractivity contribution is -0.140. The Labute approximate surface area is 196 Å². The molecule has 6 nitrogen and oxygen atoms in total. The minimum Gasteiger partial charge on any atom is -0.507 e. The summed E-state index contributed by atoms with van der Waals surface area (Å²) in [6, 6.07) is 14.0. The van der Waals surface area contributed by atoms with Gasteiger partial charge in [0, 0.05) is 18.7 Å². The number of aliphatic hydroxyl groups is 1. The molecule has 176 valence electrons. The molecule has 1 aliphatic rings. The molecular formula is C27H34N2O4. The van der Waals surface area contributed by atoms with E-state index >= 15 is 0 Å². The molecule has 2 aromatic carbocycles. The number of ketones is 1. The van der Waals surface area contributed by atoms with Crippen LogP contribution in [0.4, 0.5) is 0 Å². The highest BCUT2D eigenvalue weighted by Crippen LogP contribution is 2.39. The highest BCUT2D eigenvalue weighted by Gasteiger charge is 2.45. The van der Waals surface area contributed by atoms with Crippen molar-refractivity contribution in [3.8, 4) is 5.75 Å². The van der Waals surface area contributed by atoms with Crippen LogP contribution in [0.1, 0.15) is 50.4 Å². The lowest BCUT2D eigenvalue weighted by atomic mass is 9.95. The Morgan fingerprint density at radius 3 is 2.18 bits per heavy atom. The van der Waals surface area contributed by atoms with Gasteiger partial charge in [-0.25, -0.2) is 0 Å². The summed E-state index contributed by atoms with van der Waals surface area (Å²) in [7, 11) is 0. The minimum absolute atomic E-state index is 0.0390. The summed E-state index contributed by atoms with van der Waals surface area (Å²) >= 11 is 0. The van der Waals surface area contributed by atoms with Gasteiger partial charge in [-0.3, -0.25) is 9.59 Å². The molecule has 1 fully saturated rings. The third-order valence-electron chi connectivity index (χ3n) is 5.98. The smallest absolute Gasteiger partial charge is 0.295 e. The van der Waals surface area contributed by atoms with E-state index < -0.39 is 17.7 Å². The van der Waals surface area contributed by atoms with Crippen molar-refractivity contribution in [2.45, 2.75) is 46.8 Å². The van der Waals surface area contributed by atoms with Gasteiger partial charge >= 0.3 is 0 Å². The van der Waals surface area contributed by atoms with E-state index in [9.17, 15) is 14.7 Å². The summed E-state index contributed by atoms with van der Waals surface area (Å²) in [6.45, 7) is 12.8. The lowest BCUT2D eigenvalue weighted by Gasteiger charge is -2.28. The number of likely N-dealkylation sites (tertiary alicyclic amines) is 1. The molecule has 1 N–H and O–H groups in total. The number of rotatable bonds is 9. The Bertz CT molecular complexity index is 1010. The number of Topliss-reactive ketones (excluding diaryl/α,β-unsaturated/α-hetero) is 1. The van der Waals surface area contributed by atoms with E-state index in [-0.39, 0.29) is 17.4 Å². The van der Waals surface area contributed by atoms with Crippen LogP contribution in [0.5, 0.6) is 5.75 Å². The highest BCUT2D eigenvalue weighted by atomic mass is 16.5. The number of nitrogens with zero attached hydrogens (tertiary/aromatic N) is 2. The van der Waals surface area contributed by atoms with Crippen LogP contribution in [0.25, 0.3) is 5.76 Å². The molecule has 0 saturated carbocycles. The predicted octanol–water partition coefficient (Wildman–Crippen LogP) is 4.55. The van der Waals surface area contributed by atoms with Crippen LogP contribution in [0.15, 0.2) is 54.1 Å². The van der Waals surface area contributed by atoms with E-state index in [1.54, 1.807) is 17.0 Å². The topological polar surface area (TPSA) is 70.1 Å². The molecule has 33 heavy (non-hydrogen) atoms. The van der Waals surface area contributed by atoms with Crippen LogP contribution < -0.4 is 4.74 Å². The second-order valence-corrected chi connectivity index (χ2v) is 8.62. The summed E-state index contributed by atoms with van der Waals surface area (Å²) in [5, 5.41) is 11.1. The maximum Gasteiger partial charge on any atom is 0.295 e. The van der Waals surface area contributed by atoms with E-state index in [1.165, 1.54) is 0 Å². The second-order valence-electron chi connectivity index (χ2n) is 8.62. The number of aryl methyl sites for hydroxylation is 1. The third-order valence-corrected chi connectivity index (χ3v) is 5.98. The number of carbonyl (C=O) groups is 2. The average molecular weight is 451 g/mol. The van der Waals surface area contributed by atoms with Gasteiger partial charge in [-0.15, -0.1) is 0 Å². The van der Waals surface area contributed by atoms with Crippen LogP contribution in [0.2, 0.25) is 0 Å². The van der Waals surface area contributed by atoms with Crippen molar-refractivity contribution in [1.82, 2.24) is 9.80 Å². The molecule has 1 heterocycles. The Hall–Kier alpha value is -3.12. The molecule has 0 aromatic heterocycles. The maximum absolute atomic E-state index is 13.1. The van der Waals surface area contributed by atoms with Gasteiger partial charge in [-0.05, 0) is 51.6 Å². The number of amides is 1. The van der Waals surface area contributed by atoms with Crippen LogP contribution in [-0.4, -0.2) is 58.9 Å². The third kappa shape index (κ3) is 5.45. The van der Waals surface area contributed by atoms with Crippen molar-refractivity contribution in [1.29, 1.82) is 0 Å². The molecule has 1 unspecified atom stereocenters. The van der Waals surface area contributed by atoms with E-state index in [0.717, 1.165) is 24.2 Å². The van der Waals surface area contributed by atoms with Gasteiger partial charge < -0.3 is 19.6 Å². The fourth-order valence-corrected chi connectivity index (χ4v) is 4.11. The summed E-state index contributed by atoms with van der Waals surface area (Å²) in [5.74, 6) is -0.665. The zero-order valence-corrected chi connectivity index (χ0v) is 20.2. The molecule has 1 aliphatic heterocycles. The zero-order valence-electron chi connectivity index (χ0n) is 20.2. The first-order valence-electron chi connectivity index (χ1n) is 11.6. The first-order chi connectivity index (χ1) is 15.8. The number of benzene rings is 2. The molecule has 2 aromatic rings. The standard InChI is InChI=1S/C27H34N2O4/c1-6-28(7-2)16-17-29-24(20-12-14-22(15-13-20)33-18(3)4)23(26(31)27(29)32)25(30)21-10-8-19(5)9-11-21/h8-15,18,24,30H,6-7,16-17H2,1-5H3/b25-23+. The second kappa shape index (κ2) is 10.7. The first kappa shape index (κ1) is 24.5. The molecule has 0 spiro atoms. The molecule has 1 amide bonds. The van der Waals surface area contributed by atoms with Crippen molar-refractivity contribution in [2.75, 3.05) is 26.2 Å². The van der Waals surface area contributed by atoms with Crippen molar-refractivity contribution in [3.63, 3.8) is 0 Å². The predicted molar refractivity (Wildman–Crippen MR) is 130 cm³/mol. The van der Waals surface area contributed by atoms with Crippen molar-refractivity contribution >= 4 is 17.4 Å². The molecule has 0 aliphatic carbocycles. The minimum atomic E-state index is -0.657. The first-order valence-corrected chi connectivity index (χ1v) is 11.6. The van der Waals surface area contributed by atoms with Gasteiger partial charge in [-0.1, -0.05) is 55.8 Å². The fraction of sp³-hybridized carbons (Fsp3) is 0.407. The summed E-state index contributed by atoms with van der Waals surface area (Å²) < 4.78 is 5.75. The molecule has 1 saturated heterocycles. The number of likely N-dealkylation sites (N-methyl/N-ethyl adjacent to an activating group) is 1. The molecule has 3 rings (SSSR count). The van der Waals surface area contributed by atoms with Gasteiger partial charge in [0.05, 0.1) is 17.7 Å². The van der Waals surface area contributed by atoms with Crippen molar-refractivity contribution < 1.29 is 19.4 Å². The Balaban J connectivity index is 2.06. The van der Waals surface area contributed by atoms with Crippen LogP contribution in [0, 0.1) is 6.92 Å². The quantitative estimate of drug-likeness (QED) is 0.345. The number of hydrogen-bond donors (Lipinski definition) is 1. The largest absolute Gasteiger partial charge is 0.507 e. The van der Waals surface area contributed by atoms with E-state index in [2.05, 4.69) is 18.7 Å². The fourth-order valence-electron chi connectivity index (χ4n) is 4.11. The van der Waals surface area contributed by atoms with Gasteiger partial charge in [-0.2, -0.15) is 0 Å².